The third kappa shape index (κ3) is 2.13. The second kappa shape index (κ2) is 4.31. The molecule has 0 aliphatic heterocycles. The lowest BCUT2D eigenvalue weighted by Crippen LogP contribution is -1.85. The summed E-state index contributed by atoms with van der Waals surface area (Å²) >= 11 is 9.35. The van der Waals surface area contributed by atoms with Gasteiger partial charge in [0.1, 0.15) is 5.15 Å². The highest BCUT2D eigenvalue weighted by Gasteiger charge is 2.07. The molecule has 0 spiro atoms. The van der Waals surface area contributed by atoms with Crippen molar-refractivity contribution in [1.29, 1.82) is 0 Å². The molecule has 1 heterocycles. The fourth-order valence-corrected chi connectivity index (χ4v) is 2.10. The molecular weight excluding hydrogens is 293 g/mol. The lowest BCUT2D eigenvalue weighted by atomic mass is 10.1. The molecule has 0 saturated carbocycles. The Morgan fingerprint density at radius 1 is 1.50 bits per heavy atom. The third-order valence-corrected chi connectivity index (χ3v) is 2.94. The van der Waals surface area contributed by atoms with Crippen LogP contribution in [0.1, 0.15) is 5.56 Å². The average molecular weight is 301 g/mol. The quantitative estimate of drug-likeness (QED) is 0.831. The summed E-state index contributed by atoms with van der Waals surface area (Å²) < 4.78 is 0.917. The molecule has 1 aromatic heterocycles. The van der Waals surface area contributed by atoms with Gasteiger partial charge in [-0.05, 0) is 24.3 Å². The lowest BCUT2D eigenvalue weighted by molar-refractivity contribution is -0.131. The number of fused-ring (bicyclic) bond motifs is 1. The van der Waals surface area contributed by atoms with E-state index in [-0.39, 0.29) is 0 Å². The summed E-state index contributed by atoms with van der Waals surface area (Å²) in [5, 5.41) is 9.90. The van der Waals surface area contributed by atoms with Gasteiger partial charge in [-0.2, -0.15) is 0 Å². The van der Waals surface area contributed by atoms with Crippen LogP contribution in [0.15, 0.2) is 28.7 Å². The molecule has 2 rings (SSSR count). The van der Waals surface area contributed by atoms with E-state index in [9.17, 15) is 4.79 Å². The maximum absolute atomic E-state index is 10.5. The Hall–Kier alpha value is -1.26. The van der Waals surface area contributed by atoms with Crippen LogP contribution in [-0.4, -0.2) is 16.1 Å². The van der Waals surface area contributed by atoms with Gasteiger partial charge >= 0.3 is 5.97 Å². The van der Waals surface area contributed by atoms with Gasteiger partial charge in [-0.15, -0.1) is 0 Å². The Morgan fingerprint density at radius 3 is 2.94 bits per heavy atom. The monoisotopic (exact) mass is 299 g/mol. The van der Waals surface area contributed by atoms with E-state index in [0.29, 0.717) is 10.7 Å². The van der Waals surface area contributed by atoms with Crippen LogP contribution in [0.5, 0.6) is 0 Å². The van der Waals surface area contributed by atoms with E-state index in [2.05, 4.69) is 20.9 Å². The van der Waals surface area contributed by atoms with Crippen LogP contribution in [0.2, 0.25) is 5.15 Å². The molecule has 1 aromatic carbocycles. The first-order chi connectivity index (χ1) is 7.58. The van der Waals surface area contributed by atoms with Crippen molar-refractivity contribution in [2.24, 2.45) is 0 Å². The van der Waals surface area contributed by atoms with Crippen LogP contribution in [-0.2, 0) is 4.79 Å². The number of halogens is 2. The molecule has 82 valence electrons. The summed E-state index contributed by atoms with van der Waals surface area (Å²) in [7, 11) is 0. The molecule has 0 bridgehead atoms. The molecule has 2 aromatic rings. The summed E-state index contributed by atoms with van der Waals surface area (Å²) in [6, 6.07) is 5.66. The summed E-state index contributed by atoms with van der Waals surface area (Å²) in [6.45, 7) is 0. The first-order valence-electron chi connectivity index (χ1n) is 4.45. The average Bonchev–Trinajstić information content (AvgIpc) is 2.51. The maximum Gasteiger partial charge on any atom is 0.328 e. The Morgan fingerprint density at radius 2 is 2.25 bits per heavy atom. The van der Waals surface area contributed by atoms with Gasteiger partial charge in [-0.3, -0.25) is 0 Å². The minimum atomic E-state index is -1.000. The zero-order chi connectivity index (χ0) is 11.7. The SMILES string of the molecule is O=C(O)/C=C/c1c(Cl)[nH]c2ccc(Br)cc12. The molecule has 0 atom stereocenters. The molecule has 0 unspecified atom stereocenters. The molecule has 0 radical (unpaired) electrons. The third-order valence-electron chi connectivity index (χ3n) is 2.15. The van der Waals surface area contributed by atoms with Crippen molar-refractivity contribution in [3.63, 3.8) is 0 Å². The predicted octanol–water partition coefficient (Wildman–Crippen LogP) is 3.68. The van der Waals surface area contributed by atoms with Gasteiger partial charge in [0.2, 0.25) is 0 Å². The molecule has 3 nitrogen and oxygen atoms in total. The number of hydrogen-bond donors (Lipinski definition) is 2. The number of carbonyl (C=O) groups is 1. The molecule has 0 saturated heterocycles. The van der Waals surface area contributed by atoms with E-state index in [0.717, 1.165) is 21.5 Å². The van der Waals surface area contributed by atoms with Crippen LogP contribution in [0.25, 0.3) is 17.0 Å². The van der Waals surface area contributed by atoms with E-state index >= 15 is 0 Å². The van der Waals surface area contributed by atoms with E-state index < -0.39 is 5.97 Å². The highest BCUT2D eigenvalue weighted by Crippen LogP contribution is 2.29. The lowest BCUT2D eigenvalue weighted by Gasteiger charge is -1.93. The van der Waals surface area contributed by atoms with Crippen molar-refractivity contribution in [3.05, 3.63) is 39.5 Å². The van der Waals surface area contributed by atoms with Crippen LogP contribution in [0.4, 0.5) is 0 Å². The van der Waals surface area contributed by atoms with Gasteiger partial charge < -0.3 is 10.1 Å². The first kappa shape index (κ1) is 11.2. The largest absolute Gasteiger partial charge is 0.478 e. The molecule has 16 heavy (non-hydrogen) atoms. The number of carboxylic acids is 1. The van der Waals surface area contributed by atoms with Crippen molar-refractivity contribution in [2.45, 2.75) is 0 Å². The van der Waals surface area contributed by atoms with Crippen LogP contribution in [0, 0.1) is 0 Å². The summed E-state index contributed by atoms with van der Waals surface area (Å²) in [4.78, 5) is 13.4. The van der Waals surface area contributed by atoms with Gasteiger partial charge in [0.15, 0.2) is 0 Å². The van der Waals surface area contributed by atoms with Crippen LogP contribution < -0.4 is 0 Å². The van der Waals surface area contributed by atoms with Crippen molar-refractivity contribution in [2.75, 3.05) is 0 Å². The fraction of sp³-hybridized carbons (Fsp3) is 0. The molecule has 0 aliphatic carbocycles. The maximum atomic E-state index is 10.5. The summed E-state index contributed by atoms with van der Waals surface area (Å²) in [5.74, 6) is -1.000. The molecule has 0 aliphatic rings. The Balaban J connectivity index is 2.62. The van der Waals surface area contributed by atoms with Gasteiger partial charge in [0.25, 0.3) is 0 Å². The molecule has 5 heteroatoms. The highest BCUT2D eigenvalue weighted by atomic mass is 79.9. The number of H-pyrrole nitrogens is 1. The van der Waals surface area contributed by atoms with Crippen LogP contribution in [0.3, 0.4) is 0 Å². The van der Waals surface area contributed by atoms with Gasteiger partial charge in [0, 0.05) is 27.0 Å². The normalized spacial score (nSPS) is 11.4. The van der Waals surface area contributed by atoms with E-state index in [1.165, 1.54) is 6.08 Å². The molecule has 0 amide bonds. The van der Waals surface area contributed by atoms with Crippen molar-refractivity contribution < 1.29 is 9.90 Å². The standard InChI is InChI=1S/C11H7BrClNO2/c12-6-1-3-9-8(5-6)7(11(13)14-9)2-4-10(15)16/h1-5,14H,(H,15,16)/b4-2+. The predicted molar refractivity (Wildman–Crippen MR) is 67.7 cm³/mol. The van der Waals surface area contributed by atoms with E-state index in [1.807, 2.05) is 18.2 Å². The zero-order valence-electron chi connectivity index (χ0n) is 8.00. The topological polar surface area (TPSA) is 53.1 Å². The highest BCUT2D eigenvalue weighted by molar-refractivity contribution is 9.10. The number of nitrogens with one attached hydrogen (secondary N) is 1. The van der Waals surface area contributed by atoms with Gasteiger partial charge in [-0.1, -0.05) is 27.5 Å². The van der Waals surface area contributed by atoms with Gasteiger partial charge in [0.05, 0.1) is 0 Å². The second-order valence-electron chi connectivity index (χ2n) is 3.21. The van der Waals surface area contributed by atoms with Crippen molar-refractivity contribution >= 4 is 50.5 Å². The minimum absolute atomic E-state index is 0.436. The summed E-state index contributed by atoms with van der Waals surface area (Å²) in [6.07, 6.45) is 2.55. The number of hydrogen-bond acceptors (Lipinski definition) is 1. The van der Waals surface area contributed by atoms with E-state index in [4.69, 9.17) is 16.7 Å². The van der Waals surface area contributed by atoms with E-state index in [1.54, 1.807) is 0 Å². The smallest absolute Gasteiger partial charge is 0.328 e. The molecule has 0 fully saturated rings. The second-order valence-corrected chi connectivity index (χ2v) is 4.51. The minimum Gasteiger partial charge on any atom is -0.478 e. The fourth-order valence-electron chi connectivity index (χ4n) is 1.47. The number of aromatic nitrogens is 1. The Labute approximate surface area is 105 Å². The number of aromatic amines is 1. The Kier molecular flexibility index (Phi) is 3.03. The first-order valence-corrected chi connectivity index (χ1v) is 5.63. The van der Waals surface area contributed by atoms with Crippen LogP contribution >= 0.6 is 27.5 Å². The number of rotatable bonds is 2. The summed E-state index contributed by atoms with van der Waals surface area (Å²) in [5.41, 5.74) is 1.55. The number of carboxylic acid groups (broad SMARTS) is 1. The Bertz CT molecular complexity index is 589. The van der Waals surface area contributed by atoms with Gasteiger partial charge in [-0.25, -0.2) is 4.79 Å². The number of aliphatic carboxylic acids is 1. The van der Waals surface area contributed by atoms with Crippen molar-refractivity contribution in [1.82, 2.24) is 4.98 Å². The van der Waals surface area contributed by atoms with Crippen molar-refractivity contribution in [3.8, 4) is 0 Å². The molecule has 2 N–H and O–H groups in total. The molecular formula is C11H7BrClNO2. The number of benzene rings is 1. The zero-order valence-corrected chi connectivity index (χ0v) is 10.3.